The molecule has 2 aromatic carbocycles. The highest BCUT2D eigenvalue weighted by atomic mass is 35.5. The first-order valence-corrected chi connectivity index (χ1v) is 13.5. The number of aliphatic carboxylic acids is 2. The third-order valence-corrected chi connectivity index (χ3v) is 7.50. The Morgan fingerprint density at radius 3 is 2.33 bits per heavy atom. The number of fused-ring (bicyclic) bond motifs is 1. The lowest BCUT2D eigenvalue weighted by molar-refractivity contribution is -0.191. The van der Waals surface area contributed by atoms with Crippen molar-refractivity contribution in [3.63, 3.8) is 0 Å². The normalized spacial score (nSPS) is 22.0. The van der Waals surface area contributed by atoms with E-state index in [9.17, 15) is 30.0 Å². The van der Waals surface area contributed by atoms with Crippen molar-refractivity contribution in [3.05, 3.63) is 96.1 Å². The summed E-state index contributed by atoms with van der Waals surface area (Å²) in [5.41, 5.74) is -3.04. The van der Waals surface area contributed by atoms with Crippen LogP contribution in [-0.2, 0) is 32.0 Å². The van der Waals surface area contributed by atoms with Gasteiger partial charge in [-0.1, -0.05) is 66.7 Å². The molecule has 0 aliphatic carbocycles. The molecule has 0 amide bonds. The van der Waals surface area contributed by atoms with Crippen LogP contribution in [0.4, 0.5) is 5.82 Å². The molecule has 1 aliphatic rings. The minimum atomic E-state index is -2.71. The Bertz CT molecular complexity index is 1620. The SMILES string of the molecule is C=C[C@@]1(O)[C@@H](COC(Cc2ccccc2)(C(=O)O)C(=O)O)O[C@@H](n2cnc3c(NCc4ccccc4)nc(Cl)nc32)[C@@H]1O. The van der Waals surface area contributed by atoms with Gasteiger partial charge < -0.3 is 35.2 Å². The maximum Gasteiger partial charge on any atom is 0.348 e. The van der Waals surface area contributed by atoms with Crippen molar-refractivity contribution in [2.75, 3.05) is 11.9 Å². The highest BCUT2D eigenvalue weighted by Gasteiger charge is 2.57. The molecule has 13 nitrogen and oxygen atoms in total. The topological polar surface area (TPSA) is 189 Å². The fourth-order valence-electron chi connectivity index (χ4n) is 4.91. The highest BCUT2D eigenvalue weighted by molar-refractivity contribution is 6.28. The van der Waals surface area contributed by atoms with Gasteiger partial charge in [0.2, 0.25) is 5.28 Å². The number of anilines is 1. The fourth-order valence-corrected chi connectivity index (χ4v) is 5.08. The Kier molecular flexibility index (Phi) is 8.44. The number of nitrogens with zero attached hydrogens (tertiary/aromatic N) is 4. The van der Waals surface area contributed by atoms with Gasteiger partial charge in [-0.25, -0.2) is 14.6 Å². The van der Waals surface area contributed by atoms with Crippen molar-refractivity contribution in [1.29, 1.82) is 0 Å². The number of imidazole rings is 1. The van der Waals surface area contributed by atoms with Crippen LogP contribution in [0, 0.1) is 0 Å². The standard InChI is InChI=1S/C29H28ClN5O8/c1-2-28(41)19(15-42-29(25(37)38,26(39)40)13-17-9-5-3-6-10-17)43-24(21(28)36)35-16-32-20-22(33-27(30)34-23(20)35)31-14-18-11-7-4-8-12-18/h2-12,16,19,21,24,36,41H,1,13-15H2,(H,37,38)(H,39,40)(H,31,33,34)/t19-,21+,24-,28-/m1/s1. The van der Waals surface area contributed by atoms with E-state index in [2.05, 4.69) is 26.8 Å². The number of rotatable bonds is 12. The zero-order valence-electron chi connectivity index (χ0n) is 22.6. The lowest BCUT2D eigenvalue weighted by Crippen LogP contribution is -2.54. The molecule has 14 heteroatoms. The van der Waals surface area contributed by atoms with Gasteiger partial charge in [-0.3, -0.25) is 4.57 Å². The Morgan fingerprint density at radius 2 is 1.72 bits per heavy atom. The van der Waals surface area contributed by atoms with Crippen molar-refractivity contribution in [3.8, 4) is 0 Å². The number of aliphatic hydroxyl groups excluding tert-OH is 1. The van der Waals surface area contributed by atoms with Gasteiger partial charge in [-0.05, 0) is 22.7 Å². The number of hydrogen-bond donors (Lipinski definition) is 5. The largest absolute Gasteiger partial charge is 0.479 e. The van der Waals surface area contributed by atoms with Crippen LogP contribution in [0.1, 0.15) is 17.4 Å². The minimum absolute atomic E-state index is 0.121. The van der Waals surface area contributed by atoms with E-state index in [4.69, 9.17) is 21.1 Å². The van der Waals surface area contributed by atoms with E-state index in [1.807, 2.05) is 30.3 Å². The second kappa shape index (κ2) is 12.1. The van der Waals surface area contributed by atoms with Gasteiger partial charge in [0.15, 0.2) is 23.2 Å². The van der Waals surface area contributed by atoms with Crippen molar-refractivity contribution in [2.45, 2.75) is 42.6 Å². The molecule has 43 heavy (non-hydrogen) atoms. The van der Waals surface area contributed by atoms with E-state index in [0.717, 1.165) is 11.6 Å². The molecule has 0 unspecified atom stereocenters. The Hall–Kier alpha value is -4.40. The molecule has 0 saturated carbocycles. The first-order chi connectivity index (χ1) is 20.6. The van der Waals surface area contributed by atoms with Gasteiger partial charge in [-0.15, -0.1) is 6.58 Å². The van der Waals surface area contributed by atoms with Crippen molar-refractivity contribution in [1.82, 2.24) is 19.5 Å². The number of aliphatic hydroxyl groups is 2. The lowest BCUT2D eigenvalue weighted by atomic mass is 9.91. The number of carboxylic acids is 2. The molecule has 1 aliphatic heterocycles. The summed E-state index contributed by atoms with van der Waals surface area (Å²) in [4.78, 5) is 37.3. The molecule has 0 spiro atoms. The number of hydrogen-bond acceptors (Lipinski definition) is 10. The average Bonchev–Trinajstić information content (AvgIpc) is 3.53. The Morgan fingerprint density at radius 1 is 1.09 bits per heavy atom. The summed E-state index contributed by atoms with van der Waals surface area (Å²) in [6.45, 7) is 3.28. The second-order valence-electron chi connectivity index (χ2n) is 9.97. The monoisotopic (exact) mass is 609 g/mol. The molecular formula is C29H28ClN5O8. The van der Waals surface area contributed by atoms with Gasteiger partial charge >= 0.3 is 11.9 Å². The van der Waals surface area contributed by atoms with E-state index in [-0.39, 0.29) is 10.9 Å². The van der Waals surface area contributed by atoms with Crippen LogP contribution in [-0.4, -0.2) is 81.9 Å². The summed E-state index contributed by atoms with van der Waals surface area (Å²) in [5, 5.41) is 45.5. The molecular weight excluding hydrogens is 582 g/mol. The average molecular weight is 610 g/mol. The Labute approximate surface area is 250 Å². The van der Waals surface area contributed by atoms with Crippen LogP contribution >= 0.6 is 11.6 Å². The van der Waals surface area contributed by atoms with E-state index in [0.29, 0.717) is 23.4 Å². The van der Waals surface area contributed by atoms with Crippen LogP contribution in [0.5, 0.6) is 0 Å². The number of benzene rings is 2. The van der Waals surface area contributed by atoms with Crippen LogP contribution < -0.4 is 5.32 Å². The third kappa shape index (κ3) is 5.68. The zero-order valence-corrected chi connectivity index (χ0v) is 23.3. The molecule has 5 rings (SSSR count). The van der Waals surface area contributed by atoms with E-state index < -0.39 is 54.6 Å². The maximum absolute atomic E-state index is 12.2. The number of aromatic nitrogens is 4. The number of carboxylic acid groups (broad SMARTS) is 2. The molecule has 224 valence electrons. The van der Waals surface area contributed by atoms with Gasteiger partial charge in [0.1, 0.15) is 17.8 Å². The third-order valence-electron chi connectivity index (χ3n) is 7.33. The molecule has 3 heterocycles. The molecule has 5 N–H and O–H groups in total. The predicted molar refractivity (Wildman–Crippen MR) is 153 cm³/mol. The first kappa shape index (κ1) is 30.1. The van der Waals surface area contributed by atoms with Crippen LogP contribution in [0.3, 0.4) is 0 Å². The predicted octanol–water partition coefficient (Wildman–Crippen LogP) is 2.43. The number of nitrogens with one attached hydrogen (secondary N) is 1. The van der Waals surface area contributed by atoms with E-state index in [1.54, 1.807) is 30.3 Å². The summed E-state index contributed by atoms with van der Waals surface area (Å²) >= 11 is 6.21. The quantitative estimate of drug-likeness (QED) is 0.0897. The summed E-state index contributed by atoms with van der Waals surface area (Å²) in [6, 6.07) is 17.6. The maximum atomic E-state index is 12.2. The second-order valence-corrected chi connectivity index (χ2v) is 10.3. The molecule has 0 radical (unpaired) electrons. The molecule has 0 bridgehead atoms. The molecule has 1 fully saturated rings. The van der Waals surface area contributed by atoms with Crippen LogP contribution in [0.2, 0.25) is 5.28 Å². The van der Waals surface area contributed by atoms with Crippen molar-refractivity contribution in [2.24, 2.45) is 0 Å². The van der Waals surface area contributed by atoms with Gasteiger partial charge in [0.25, 0.3) is 5.60 Å². The minimum Gasteiger partial charge on any atom is -0.479 e. The number of ether oxygens (including phenoxy) is 2. The van der Waals surface area contributed by atoms with Gasteiger partial charge in [-0.2, -0.15) is 9.97 Å². The molecule has 2 aromatic heterocycles. The lowest BCUT2D eigenvalue weighted by Gasteiger charge is -2.31. The molecule has 4 aromatic rings. The van der Waals surface area contributed by atoms with Crippen LogP contribution in [0.25, 0.3) is 11.2 Å². The van der Waals surface area contributed by atoms with Gasteiger partial charge in [0, 0.05) is 13.0 Å². The van der Waals surface area contributed by atoms with Crippen LogP contribution in [0.15, 0.2) is 79.6 Å². The summed E-state index contributed by atoms with van der Waals surface area (Å²) in [5.74, 6) is -3.18. The zero-order chi connectivity index (χ0) is 30.8. The highest BCUT2D eigenvalue weighted by Crippen LogP contribution is 2.40. The van der Waals surface area contributed by atoms with E-state index in [1.165, 1.54) is 10.9 Å². The van der Waals surface area contributed by atoms with E-state index >= 15 is 0 Å². The fraction of sp³-hybridized carbons (Fsp3) is 0.276. The first-order valence-electron chi connectivity index (χ1n) is 13.1. The number of halogens is 1. The number of carbonyl (C=O) groups is 2. The van der Waals surface area contributed by atoms with Crippen molar-refractivity contribution >= 4 is 40.5 Å². The van der Waals surface area contributed by atoms with Gasteiger partial charge in [0.05, 0.1) is 12.9 Å². The summed E-state index contributed by atoms with van der Waals surface area (Å²) in [7, 11) is 0. The molecule has 4 atom stereocenters. The van der Waals surface area contributed by atoms with Crippen molar-refractivity contribution < 1.29 is 39.5 Å². The summed E-state index contributed by atoms with van der Waals surface area (Å²) < 4.78 is 12.8. The molecule has 1 saturated heterocycles. The smallest absolute Gasteiger partial charge is 0.348 e. The Balaban J connectivity index is 1.42. The summed E-state index contributed by atoms with van der Waals surface area (Å²) in [6.07, 6.45) is -2.61.